The highest BCUT2D eigenvalue weighted by atomic mass is 16.5. The maximum absolute atomic E-state index is 5.67. The summed E-state index contributed by atoms with van der Waals surface area (Å²) in [6.45, 7) is 8.93. The standard InChI is InChI=1S/C14H24N2O/c1-4-9-17-11-14(16-6-3)13-7-8-15-10-12(13)5-2/h7-8,10,14,16H,4-6,9,11H2,1-3H3. The molecule has 1 N–H and O–H groups in total. The first kappa shape index (κ1) is 14.1. The quantitative estimate of drug-likeness (QED) is 0.705. The van der Waals surface area contributed by atoms with Crippen LogP contribution in [0.5, 0.6) is 0 Å². The highest BCUT2D eigenvalue weighted by Crippen LogP contribution is 2.18. The van der Waals surface area contributed by atoms with Crippen molar-refractivity contribution in [1.29, 1.82) is 0 Å². The van der Waals surface area contributed by atoms with Crippen LogP contribution in [-0.4, -0.2) is 24.7 Å². The Bertz CT molecular complexity index is 315. The molecule has 1 unspecified atom stereocenters. The van der Waals surface area contributed by atoms with Crippen molar-refractivity contribution in [3.05, 3.63) is 29.6 Å². The van der Waals surface area contributed by atoms with Crippen LogP contribution in [0.25, 0.3) is 0 Å². The van der Waals surface area contributed by atoms with Crippen LogP contribution in [-0.2, 0) is 11.2 Å². The maximum Gasteiger partial charge on any atom is 0.0661 e. The number of nitrogens with one attached hydrogen (secondary N) is 1. The van der Waals surface area contributed by atoms with Crippen molar-refractivity contribution in [2.45, 2.75) is 39.7 Å². The smallest absolute Gasteiger partial charge is 0.0661 e. The predicted molar refractivity (Wildman–Crippen MR) is 71.1 cm³/mol. The summed E-state index contributed by atoms with van der Waals surface area (Å²) in [4.78, 5) is 4.19. The summed E-state index contributed by atoms with van der Waals surface area (Å²) in [7, 11) is 0. The number of aryl methyl sites for hydroxylation is 1. The number of aromatic nitrogens is 1. The SMILES string of the molecule is CCCOCC(NCC)c1ccncc1CC. The van der Waals surface area contributed by atoms with Gasteiger partial charge in [-0.3, -0.25) is 4.98 Å². The van der Waals surface area contributed by atoms with Crippen LogP contribution in [0.15, 0.2) is 18.5 Å². The van der Waals surface area contributed by atoms with Crippen LogP contribution >= 0.6 is 0 Å². The number of likely N-dealkylation sites (N-methyl/N-ethyl adjacent to an activating group) is 1. The monoisotopic (exact) mass is 236 g/mol. The van der Waals surface area contributed by atoms with Crippen LogP contribution in [0.2, 0.25) is 0 Å². The van der Waals surface area contributed by atoms with Crippen LogP contribution < -0.4 is 5.32 Å². The molecule has 0 fully saturated rings. The second-order valence-corrected chi connectivity index (χ2v) is 4.11. The van der Waals surface area contributed by atoms with Gasteiger partial charge in [-0.1, -0.05) is 20.8 Å². The molecule has 1 rings (SSSR count). The number of hydrogen-bond donors (Lipinski definition) is 1. The van der Waals surface area contributed by atoms with Gasteiger partial charge in [0.2, 0.25) is 0 Å². The van der Waals surface area contributed by atoms with Gasteiger partial charge < -0.3 is 10.1 Å². The van der Waals surface area contributed by atoms with Gasteiger partial charge in [-0.2, -0.15) is 0 Å². The lowest BCUT2D eigenvalue weighted by molar-refractivity contribution is 0.112. The molecular formula is C14H24N2O. The lowest BCUT2D eigenvalue weighted by Gasteiger charge is -2.20. The highest BCUT2D eigenvalue weighted by Gasteiger charge is 2.13. The molecule has 0 aliphatic heterocycles. The summed E-state index contributed by atoms with van der Waals surface area (Å²) in [5.41, 5.74) is 2.62. The van der Waals surface area contributed by atoms with E-state index >= 15 is 0 Å². The van der Waals surface area contributed by atoms with E-state index in [1.54, 1.807) is 0 Å². The minimum Gasteiger partial charge on any atom is -0.379 e. The third-order valence-corrected chi connectivity index (χ3v) is 2.78. The van der Waals surface area contributed by atoms with Gasteiger partial charge >= 0.3 is 0 Å². The molecule has 0 aromatic carbocycles. The Morgan fingerprint density at radius 2 is 2.18 bits per heavy atom. The third-order valence-electron chi connectivity index (χ3n) is 2.78. The summed E-state index contributed by atoms with van der Waals surface area (Å²) >= 11 is 0. The molecule has 0 saturated carbocycles. The van der Waals surface area contributed by atoms with E-state index in [0.29, 0.717) is 0 Å². The normalized spacial score (nSPS) is 12.6. The molecule has 3 nitrogen and oxygen atoms in total. The largest absolute Gasteiger partial charge is 0.379 e. The van der Waals surface area contributed by atoms with Crippen molar-refractivity contribution in [2.24, 2.45) is 0 Å². The van der Waals surface area contributed by atoms with Gasteiger partial charge in [0.05, 0.1) is 12.6 Å². The van der Waals surface area contributed by atoms with Gasteiger partial charge in [-0.15, -0.1) is 0 Å². The number of hydrogen-bond acceptors (Lipinski definition) is 3. The average Bonchev–Trinajstić information content (AvgIpc) is 2.38. The Balaban J connectivity index is 2.73. The zero-order valence-electron chi connectivity index (χ0n) is 11.2. The maximum atomic E-state index is 5.67. The van der Waals surface area contributed by atoms with Crippen LogP contribution in [0.3, 0.4) is 0 Å². The van der Waals surface area contributed by atoms with Crippen molar-refractivity contribution in [3.63, 3.8) is 0 Å². The Kier molecular flexibility index (Phi) is 6.82. The average molecular weight is 236 g/mol. The van der Waals surface area contributed by atoms with Gasteiger partial charge in [0.25, 0.3) is 0 Å². The molecule has 0 spiro atoms. The van der Waals surface area contributed by atoms with E-state index in [2.05, 4.69) is 37.1 Å². The minimum absolute atomic E-state index is 0.282. The number of rotatable bonds is 8. The lowest BCUT2D eigenvalue weighted by Crippen LogP contribution is -2.26. The third kappa shape index (κ3) is 4.44. The molecule has 0 radical (unpaired) electrons. The van der Waals surface area contributed by atoms with Crippen molar-refractivity contribution >= 4 is 0 Å². The van der Waals surface area contributed by atoms with Gasteiger partial charge in [0, 0.05) is 19.0 Å². The van der Waals surface area contributed by atoms with E-state index in [1.165, 1.54) is 11.1 Å². The molecule has 1 aromatic rings. The zero-order valence-corrected chi connectivity index (χ0v) is 11.2. The molecular weight excluding hydrogens is 212 g/mol. The number of nitrogens with zero attached hydrogens (tertiary/aromatic N) is 1. The van der Waals surface area contributed by atoms with Gasteiger partial charge in [-0.25, -0.2) is 0 Å². The first-order valence-corrected chi connectivity index (χ1v) is 6.57. The van der Waals surface area contributed by atoms with Gasteiger partial charge in [-0.05, 0) is 36.6 Å². The fourth-order valence-electron chi connectivity index (χ4n) is 1.92. The second kappa shape index (κ2) is 8.20. The fourth-order valence-corrected chi connectivity index (χ4v) is 1.92. The molecule has 0 bridgehead atoms. The van der Waals surface area contributed by atoms with Crippen molar-refractivity contribution in [1.82, 2.24) is 10.3 Å². The summed E-state index contributed by atoms with van der Waals surface area (Å²) in [5, 5.41) is 3.48. The van der Waals surface area contributed by atoms with E-state index in [1.807, 2.05) is 12.4 Å². The lowest BCUT2D eigenvalue weighted by atomic mass is 10.0. The van der Waals surface area contributed by atoms with Crippen LogP contribution in [0, 0.1) is 0 Å². The summed E-state index contributed by atoms with van der Waals surface area (Å²) in [5.74, 6) is 0. The summed E-state index contributed by atoms with van der Waals surface area (Å²) in [6, 6.07) is 2.38. The van der Waals surface area contributed by atoms with E-state index in [4.69, 9.17) is 4.74 Å². The second-order valence-electron chi connectivity index (χ2n) is 4.11. The van der Waals surface area contributed by atoms with Gasteiger partial charge in [0.15, 0.2) is 0 Å². The zero-order chi connectivity index (χ0) is 12.5. The first-order valence-electron chi connectivity index (χ1n) is 6.57. The van der Waals surface area contributed by atoms with E-state index in [-0.39, 0.29) is 6.04 Å². The number of ether oxygens (including phenoxy) is 1. The highest BCUT2D eigenvalue weighted by molar-refractivity contribution is 5.26. The summed E-state index contributed by atoms with van der Waals surface area (Å²) < 4.78 is 5.67. The molecule has 0 amide bonds. The molecule has 0 aliphatic rings. The predicted octanol–water partition coefficient (Wildman–Crippen LogP) is 2.72. The Hall–Kier alpha value is -0.930. The van der Waals surface area contributed by atoms with Crippen molar-refractivity contribution in [2.75, 3.05) is 19.8 Å². The molecule has 0 aliphatic carbocycles. The van der Waals surface area contributed by atoms with Crippen molar-refractivity contribution < 1.29 is 4.74 Å². The van der Waals surface area contributed by atoms with E-state index in [0.717, 1.165) is 32.6 Å². The summed E-state index contributed by atoms with van der Waals surface area (Å²) in [6.07, 6.45) is 5.90. The first-order chi connectivity index (χ1) is 8.33. The molecule has 0 saturated heterocycles. The molecule has 96 valence electrons. The van der Waals surface area contributed by atoms with Crippen LogP contribution in [0.4, 0.5) is 0 Å². The van der Waals surface area contributed by atoms with E-state index < -0.39 is 0 Å². The Morgan fingerprint density at radius 1 is 1.35 bits per heavy atom. The molecule has 1 atom stereocenters. The van der Waals surface area contributed by atoms with Crippen molar-refractivity contribution in [3.8, 4) is 0 Å². The minimum atomic E-state index is 0.282. The van der Waals surface area contributed by atoms with E-state index in [9.17, 15) is 0 Å². The van der Waals surface area contributed by atoms with Gasteiger partial charge in [0.1, 0.15) is 0 Å². The molecule has 3 heteroatoms. The fraction of sp³-hybridized carbons (Fsp3) is 0.643. The molecule has 17 heavy (non-hydrogen) atoms. The molecule has 1 heterocycles. The van der Waals surface area contributed by atoms with Crippen LogP contribution in [0.1, 0.15) is 44.4 Å². The number of pyridine rings is 1. The topological polar surface area (TPSA) is 34.1 Å². The molecule has 1 aromatic heterocycles. The Labute approximate surface area is 105 Å². The Morgan fingerprint density at radius 3 is 2.82 bits per heavy atom.